The number of carbonyl (C=O) groups excluding carboxylic acids is 1. The highest BCUT2D eigenvalue weighted by atomic mass is 35.5. The minimum absolute atomic E-state index is 0.0669. The van der Waals surface area contributed by atoms with Gasteiger partial charge in [-0.2, -0.15) is 0 Å². The predicted octanol–water partition coefficient (Wildman–Crippen LogP) is 3.37. The van der Waals surface area contributed by atoms with E-state index in [1.807, 2.05) is 0 Å². The van der Waals surface area contributed by atoms with Crippen LogP contribution in [0.3, 0.4) is 0 Å². The monoisotopic (exact) mass is 266 g/mol. The highest BCUT2D eigenvalue weighted by Crippen LogP contribution is 2.28. The van der Waals surface area contributed by atoms with Crippen LogP contribution < -0.4 is 11.1 Å². The van der Waals surface area contributed by atoms with Crippen LogP contribution in [0, 0.1) is 0 Å². The number of carbonyl (C=O) groups is 1. The number of hydrogen-bond acceptors (Lipinski definition) is 2. The molecule has 0 radical (unpaired) electrons. The summed E-state index contributed by atoms with van der Waals surface area (Å²) in [4.78, 5) is 12.2. The molecule has 1 aromatic rings. The summed E-state index contributed by atoms with van der Waals surface area (Å²) in [6.07, 6.45) is 5.71. The van der Waals surface area contributed by atoms with Crippen LogP contribution in [0.1, 0.15) is 49.4 Å². The fourth-order valence-corrected chi connectivity index (χ4v) is 2.61. The van der Waals surface area contributed by atoms with Gasteiger partial charge in [0.1, 0.15) is 0 Å². The molecule has 0 saturated heterocycles. The molecule has 1 fully saturated rings. The first-order chi connectivity index (χ1) is 8.50. The van der Waals surface area contributed by atoms with E-state index in [0.29, 0.717) is 16.3 Å². The number of anilines is 1. The highest BCUT2D eigenvalue weighted by Gasteiger charge is 2.28. The van der Waals surface area contributed by atoms with Gasteiger partial charge in [-0.05, 0) is 38.0 Å². The first kappa shape index (κ1) is 13.2. The molecule has 0 aliphatic heterocycles. The van der Waals surface area contributed by atoms with Crippen LogP contribution in [-0.4, -0.2) is 11.4 Å². The van der Waals surface area contributed by atoms with Crippen molar-refractivity contribution in [2.45, 2.75) is 44.6 Å². The van der Waals surface area contributed by atoms with Crippen LogP contribution in [0.5, 0.6) is 0 Å². The lowest BCUT2D eigenvalue weighted by Crippen LogP contribution is -2.47. The topological polar surface area (TPSA) is 55.1 Å². The van der Waals surface area contributed by atoms with Crippen LogP contribution in [0.25, 0.3) is 0 Å². The summed E-state index contributed by atoms with van der Waals surface area (Å²) in [6.45, 7) is 2.11. The third-order valence-electron chi connectivity index (χ3n) is 3.63. The van der Waals surface area contributed by atoms with Crippen molar-refractivity contribution in [3.63, 3.8) is 0 Å². The van der Waals surface area contributed by atoms with Crippen molar-refractivity contribution in [2.75, 3.05) is 5.73 Å². The average Bonchev–Trinajstić information content (AvgIpc) is 2.33. The summed E-state index contributed by atoms with van der Waals surface area (Å²) in [5, 5.41) is 3.60. The molecule has 1 aromatic carbocycles. The molecule has 0 atom stereocenters. The van der Waals surface area contributed by atoms with E-state index in [4.69, 9.17) is 17.3 Å². The molecule has 0 aromatic heterocycles. The molecule has 0 spiro atoms. The summed E-state index contributed by atoms with van der Waals surface area (Å²) < 4.78 is 0. The second-order valence-corrected chi connectivity index (χ2v) is 5.72. The van der Waals surface area contributed by atoms with Crippen molar-refractivity contribution < 1.29 is 4.79 Å². The van der Waals surface area contributed by atoms with E-state index in [9.17, 15) is 4.79 Å². The number of benzene rings is 1. The lowest BCUT2D eigenvalue weighted by molar-refractivity contribution is 0.0883. The number of nitrogens with one attached hydrogen (secondary N) is 1. The Bertz CT molecular complexity index is 453. The Balaban J connectivity index is 2.09. The maximum atomic E-state index is 12.2. The summed E-state index contributed by atoms with van der Waals surface area (Å²) in [5.41, 5.74) is 6.65. The molecule has 4 heteroatoms. The van der Waals surface area contributed by atoms with Gasteiger partial charge in [-0.25, -0.2) is 0 Å². The predicted molar refractivity (Wildman–Crippen MR) is 74.8 cm³/mol. The van der Waals surface area contributed by atoms with Crippen LogP contribution in [-0.2, 0) is 0 Å². The Hall–Kier alpha value is -1.22. The van der Waals surface area contributed by atoms with Gasteiger partial charge in [0, 0.05) is 11.1 Å². The van der Waals surface area contributed by atoms with E-state index < -0.39 is 0 Å². The molecule has 1 aliphatic carbocycles. The van der Waals surface area contributed by atoms with E-state index in [-0.39, 0.29) is 11.4 Å². The SMILES string of the molecule is CC1(NC(=O)c2ccc(Cl)c(N)c2)CCCCC1. The molecule has 98 valence electrons. The molecule has 3 N–H and O–H groups in total. The zero-order valence-corrected chi connectivity index (χ0v) is 11.4. The number of hydrogen-bond donors (Lipinski definition) is 2. The van der Waals surface area contributed by atoms with Gasteiger partial charge < -0.3 is 11.1 Å². The highest BCUT2D eigenvalue weighted by molar-refractivity contribution is 6.33. The van der Waals surface area contributed by atoms with Crippen LogP contribution in [0.4, 0.5) is 5.69 Å². The summed E-state index contributed by atoms with van der Waals surface area (Å²) in [5.74, 6) is -0.0669. The standard InChI is InChI=1S/C14H19ClN2O/c1-14(7-3-2-4-8-14)17-13(18)10-5-6-11(15)12(16)9-10/h5-6,9H,2-4,7-8,16H2,1H3,(H,17,18). The Kier molecular flexibility index (Phi) is 3.81. The summed E-state index contributed by atoms with van der Waals surface area (Å²) in [6, 6.07) is 5.00. The largest absolute Gasteiger partial charge is 0.398 e. The number of amides is 1. The number of halogens is 1. The van der Waals surface area contributed by atoms with Crippen LogP contribution in [0.15, 0.2) is 18.2 Å². The maximum absolute atomic E-state index is 12.2. The van der Waals surface area contributed by atoms with E-state index >= 15 is 0 Å². The van der Waals surface area contributed by atoms with E-state index in [2.05, 4.69) is 12.2 Å². The Morgan fingerprint density at radius 1 is 1.33 bits per heavy atom. The third-order valence-corrected chi connectivity index (χ3v) is 3.97. The molecule has 0 bridgehead atoms. The molecule has 0 heterocycles. The van der Waals surface area contributed by atoms with Gasteiger partial charge in [-0.15, -0.1) is 0 Å². The Labute approximate surface area is 113 Å². The van der Waals surface area contributed by atoms with E-state index in [0.717, 1.165) is 12.8 Å². The quantitative estimate of drug-likeness (QED) is 0.807. The van der Waals surface area contributed by atoms with Crippen molar-refractivity contribution in [2.24, 2.45) is 0 Å². The third kappa shape index (κ3) is 2.96. The fraction of sp³-hybridized carbons (Fsp3) is 0.500. The van der Waals surface area contributed by atoms with Crippen molar-refractivity contribution in [1.29, 1.82) is 0 Å². The summed E-state index contributed by atoms with van der Waals surface area (Å²) in [7, 11) is 0. The van der Waals surface area contributed by atoms with Gasteiger partial charge >= 0.3 is 0 Å². The van der Waals surface area contributed by atoms with Crippen molar-refractivity contribution in [3.8, 4) is 0 Å². The Morgan fingerprint density at radius 2 is 2.00 bits per heavy atom. The molecule has 18 heavy (non-hydrogen) atoms. The second-order valence-electron chi connectivity index (χ2n) is 5.31. The molecule has 3 nitrogen and oxygen atoms in total. The van der Waals surface area contributed by atoms with Gasteiger partial charge in [0.2, 0.25) is 0 Å². The van der Waals surface area contributed by atoms with E-state index in [1.54, 1.807) is 18.2 Å². The van der Waals surface area contributed by atoms with Crippen LogP contribution >= 0.6 is 11.6 Å². The van der Waals surface area contributed by atoms with Gasteiger partial charge in [0.15, 0.2) is 0 Å². The average molecular weight is 267 g/mol. The number of rotatable bonds is 2. The molecule has 1 aliphatic rings. The van der Waals surface area contributed by atoms with Gasteiger partial charge in [-0.1, -0.05) is 30.9 Å². The normalized spacial score (nSPS) is 18.3. The lowest BCUT2D eigenvalue weighted by atomic mass is 9.83. The molecule has 2 rings (SSSR count). The molecule has 0 unspecified atom stereocenters. The number of nitrogens with two attached hydrogens (primary N) is 1. The Morgan fingerprint density at radius 3 is 2.61 bits per heavy atom. The maximum Gasteiger partial charge on any atom is 0.251 e. The van der Waals surface area contributed by atoms with E-state index in [1.165, 1.54) is 19.3 Å². The van der Waals surface area contributed by atoms with Gasteiger partial charge in [0.05, 0.1) is 10.7 Å². The first-order valence-electron chi connectivity index (χ1n) is 6.38. The molecule has 1 amide bonds. The van der Waals surface area contributed by atoms with Crippen molar-refractivity contribution in [1.82, 2.24) is 5.32 Å². The van der Waals surface area contributed by atoms with Crippen LogP contribution in [0.2, 0.25) is 5.02 Å². The zero-order chi connectivity index (χ0) is 13.2. The van der Waals surface area contributed by atoms with Crippen molar-refractivity contribution in [3.05, 3.63) is 28.8 Å². The summed E-state index contributed by atoms with van der Waals surface area (Å²) >= 11 is 5.85. The molecular formula is C14H19ClN2O. The zero-order valence-electron chi connectivity index (χ0n) is 10.6. The second kappa shape index (κ2) is 5.19. The molecule has 1 saturated carbocycles. The minimum atomic E-state index is -0.0796. The van der Waals surface area contributed by atoms with Gasteiger partial charge in [-0.3, -0.25) is 4.79 Å². The van der Waals surface area contributed by atoms with Crippen molar-refractivity contribution >= 4 is 23.2 Å². The minimum Gasteiger partial charge on any atom is -0.398 e. The molecular weight excluding hydrogens is 248 g/mol. The lowest BCUT2D eigenvalue weighted by Gasteiger charge is -2.34. The van der Waals surface area contributed by atoms with Gasteiger partial charge in [0.25, 0.3) is 5.91 Å². The first-order valence-corrected chi connectivity index (χ1v) is 6.75. The smallest absolute Gasteiger partial charge is 0.251 e. The number of nitrogen functional groups attached to an aromatic ring is 1. The fourth-order valence-electron chi connectivity index (χ4n) is 2.49.